The fraction of sp³-hybridized carbons (Fsp3) is 0.235. The highest BCUT2D eigenvalue weighted by molar-refractivity contribution is 6.31. The first kappa shape index (κ1) is 30.4. The normalized spacial score (nSPS) is 13.9. The average Bonchev–Trinajstić information content (AvgIpc) is 3.03. The minimum atomic E-state index is -0.782. The molecule has 226 valence electrons. The topological polar surface area (TPSA) is 118 Å². The summed E-state index contributed by atoms with van der Waals surface area (Å²) in [6.45, 7) is 2.46. The van der Waals surface area contributed by atoms with E-state index in [2.05, 4.69) is 6.07 Å². The van der Waals surface area contributed by atoms with Crippen molar-refractivity contribution in [3.63, 3.8) is 0 Å². The predicted molar refractivity (Wildman–Crippen MR) is 167 cm³/mol. The minimum absolute atomic E-state index is 0.0510. The van der Waals surface area contributed by atoms with E-state index < -0.39 is 5.92 Å². The van der Waals surface area contributed by atoms with Crippen molar-refractivity contribution in [2.45, 2.75) is 32.4 Å². The molecule has 1 unspecified atom stereocenters. The van der Waals surface area contributed by atoms with Crippen LogP contribution in [0.25, 0.3) is 0 Å². The van der Waals surface area contributed by atoms with Crippen LogP contribution in [0.3, 0.4) is 0 Å². The largest absolute Gasteiger partial charge is 0.493 e. The first-order valence-corrected chi connectivity index (χ1v) is 14.2. The van der Waals surface area contributed by atoms with E-state index in [0.717, 1.165) is 11.1 Å². The molecule has 0 spiro atoms. The maximum absolute atomic E-state index is 14.1. The molecule has 2 heterocycles. The second-order valence-corrected chi connectivity index (χ2v) is 10.6. The molecule has 4 aromatic rings. The summed E-state index contributed by atoms with van der Waals surface area (Å²) in [5, 5.41) is 10.7. The second kappa shape index (κ2) is 13.1. The van der Waals surface area contributed by atoms with E-state index in [9.17, 15) is 10.1 Å². The van der Waals surface area contributed by atoms with Crippen molar-refractivity contribution in [2.24, 2.45) is 5.73 Å². The Morgan fingerprint density at radius 1 is 0.955 bits per heavy atom. The molecule has 1 atom stereocenters. The molecule has 3 aromatic carbocycles. The number of halogens is 1. The van der Waals surface area contributed by atoms with Crippen LogP contribution < -0.4 is 35.0 Å². The molecule has 5 rings (SSSR count). The molecular weight excluding hydrogens is 582 g/mol. The van der Waals surface area contributed by atoms with E-state index >= 15 is 0 Å². The van der Waals surface area contributed by atoms with Gasteiger partial charge in [0.25, 0.3) is 5.56 Å². The maximum atomic E-state index is 14.1. The number of hydrogen-bond acceptors (Lipinski definition) is 8. The Balaban J connectivity index is 1.51. The second-order valence-electron chi connectivity index (χ2n) is 10.2. The standard InChI is InChI=1S/C34H32ClN3O6/c1-20-15-30-32(34(39)38(20)14-13-21-9-11-26(40-2)28(16-21)41-3)31(24(18-36)33(37)44-30)22-10-12-27(29(17-22)42-4)43-19-23-7-5-6-8-25(23)35/h5-12,15-17,31H,13-14,19,37H2,1-4H3. The Morgan fingerprint density at radius 2 is 1.66 bits per heavy atom. The number of ether oxygens (including phenoxy) is 5. The van der Waals surface area contributed by atoms with Gasteiger partial charge < -0.3 is 34.0 Å². The molecule has 0 radical (unpaired) electrons. The van der Waals surface area contributed by atoms with Crippen LogP contribution in [0, 0.1) is 18.3 Å². The van der Waals surface area contributed by atoms with Crippen molar-refractivity contribution in [2.75, 3.05) is 21.3 Å². The van der Waals surface area contributed by atoms with E-state index in [1.807, 2.05) is 43.3 Å². The lowest BCUT2D eigenvalue weighted by Gasteiger charge is -2.28. The predicted octanol–water partition coefficient (Wildman–Crippen LogP) is 5.88. The third-order valence-electron chi connectivity index (χ3n) is 7.62. The number of nitrogens with zero attached hydrogens (tertiary/aromatic N) is 2. The van der Waals surface area contributed by atoms with Crippen molar-refractivity contribution < 1.29 is 23.7 Å². The summed E-state index contributed by atoms with van der Waals surface area (Å²) < 4.78 is 30.0. The van der Waals surface area contributed by atoms with Crippen LogP contribution in [0.2, 0.25) is 5.02 Å². The highest BCUT2D eigenvalue weighted by Crippen LogP contribution is 2.43. The molecule has 1 aliphatic rings. The van der Waals surface area contributed by atoms with Crippen LogP contribution in [-0.2, 0) is 19.6 Å². The van der Waals surface area contributed by atoms with E-state index in [1.165, 1.54) is 7.11 Å². The monoisotopic (exact) mass is 613 g/mol. The van der Waals surface area contributed by atoms with E-state index in [-0.39, 0.29) is 23.6 Å². The molecule has 1 aromatic heterocycles. The Kier molecular flexibility index (Phi) is 9.02. The SMILES string of the molecule is COc1ccc(CCn2c(C)cc3c(c2=O)C(c2ccc(OCc4ccccc4Cl)c(OC)c2)C(C#N)=C(N)O3)cc1OC. The van der Waals surface area contributed by atoms with E-state index in [4.69, 9.17) is 41.0 Å². The zero-order chi connectivity index (χ0) is 31.4. The molecule has 44 heavy (non-hydrogen) atoms. The summed E-state index contributed by atoms with van der Waals surface area (Å²) in [6.07, 6.45) is 0.555. The number of hydrogen-bond donors (Lipinski definition) is 1. The molecule has 0 fully saturated rings. The van der Waals surface area contributed by atoms with Gasteiger partial charge in [-0.2, -0.15) is 5.26 Å². The van der Waals surface area contributed by atoms with Crippen LogP contribution >= 0.6 is 11.6 Å². The van der Waals surface area contributed by atoms with Crippen molar-refractivity contribution in [3.8, 4) is 34.8 Å². The van der Waals surface area contributed by atoms with Crippen molar-refractivity contribution in [1.29, 1.82) is 5.26 Å². The summed E-state index contributed by atoms with van der Waals surface area (Å²) in [7, 11) is 4.69. The van der Waals surface area contributed by atoms with Crippen LogP contribution in [0.4, 0.5) is 0 Å². The number of rotatable bonds is 10. The molecule has 0 saturated heterocycles. The lowest BCUT2D eigenvalue weighted by atomic mass is 9.84. The number of methoxy groups -OCH3 is 3. The summed E-state index contributed by atoms with van der Waals surface area (Å²) in [5.74, 6) is 1.63. The van der Waals surface area contributed by atoms with Gasteiger partial charge in [0, 0.05) is 28.9 Å². The lowest BCUT2D eigenvalue weighted by Crippen LogP contribution is -2.33. The first-order valence-electron chi connectivity index (χ1n) is 13.9. The summed E-state index contributed by atoms with van der Waals surface area (Å²) in [6, 6.07) is 22.3. The van der Waals surface area contributed by atoms with Gasteiger partial charge in [-0.25, -0.2) is 0 Å². The van der Waals surface area contributed by atoms with Crippen LogP contribution in [0.15, 0.2) is 83.0 Å². The summed E-state index contributed by atoms with van der Waals surface area (Å²) >= 11 is 6.29. The molecule has 0 amide bonds. The Labute approximate surface area is 260 Å². The average molecular weight is 614 g/mol. The summed E-state index contributed by atoms with van der Waals surface area (Å²) in [4.78, 5) is 14.1. The molecule has 2 N–H and O–H groups in total. The number of nitriles is 1. The molecule has 9 nitrogen and oxygen atoms in total. The van der Waals surface area contributed by atoms with E-state index in [0.29, 0.717) is 63.6 Å². The number of allylic oxidation sites excluding steroid dienone is 1. The highest BCUT2D eigenvalue weighted by atomic mass is 35.5. The molecule has 1 aliphatic heterocycles. The molecule has 0 saturated carbocycles. The van der Waals surface area contributed by atoms with Gasteiger partial charge in [-0.15, -0.1) is 0 Å². The van der Waals surface area contributed by atoms with Gasteiger partial charge in [0.15, 0.2) is 23.0 Å². The fourth-order valence-corrected chi connectivity index (χ4v) is 5.52. The smallest absolute Gasteiger partial charge is 0.258 e. The van der Waals surface area contributed by atoms with Gasteiger partial charge in [0.1, 0.15) is 24.0 Å². The number of aryl methyl sites for hydroxylation is 2. The van der Waals surface area contributed by atoms with Gasteiger partial charge in [-0.05, 0) is 54.8 Å². The van der Waals surface area contributed by atoms with Crippen LogP contribution in [0.1, 0.15) is 33.9 Å². The van der Waals surface area contributed by atoms with Crippen molar-refractivity contribution >= 4 is 11.6 Å². The van der Waals surface area contributed by atoms with Gasteiger partial charge in [-0.1, -0.05) is 41.9 Å². The van der Waals surface area contributed by atoms with Gasteiger partial charge >= 0.3 is 0 Å². The Bertz CT molecular complexity index is 1840. The van der Waals surface area contributed by atoms with Crippen molar-refractivity contribution in [1.82, 2.24) is 4.57 Å². The zero-order valence-electron chi connectivity index (χ0n) is 24.8. The molecule has 10 heteroatoms. The molecular formula is C34H32ClN3O6. The highest BCUT2D eigenvalue weighted by Gasteiger charge is 2.35. The Hall–Kier alpha value is -5.07. The summed E-state index contributed by atoms with van der Waals surface area (Å²) in [5.41, 5.74) is 9.52. The van der Waals surface area contributed by atoms with E-state index in [1.54, 1.807) is 49.1 Å². The fourth-order valence-electron chi connectivity index (χ4n) is 5.33. The number of nitrogens with two attached hydrogens (primary N) is 1. The lowest BCUT2D eigenvalue weighted by molar-refractivity contribution is 0.284. The maximum Gasteiger partial charge on any atom is 0.258 e. The van der Waals surface area contributed by atoms with Crippen LogP contribution in [-0.4, -0.2) is 25.9 Å². The quantitative estimate of drug-likeness (QED) is 0.236. The third kappa shape index (κ3) is 5.90. The number of aromatic nitrogens is 1. The number of benzene rings is 3. The first-order chi connectivity index (χ1) is 21.3. The minimum Gasteiger partial charge on any atom is -0.493 e. The van der Waals surface area contributed by atoms with Gasteiger partial charge in [0.2, 0.25) is 5.88 Å². The van der Waals surface area contributed by atoms with Crippen molar-refractivity contribution in [3.05, 3.63) is 122 Å². The number of pyridine rings is 1. The van der Waals surface area contributed by atoms with Crippen LogP contribution in [0.5, 0.6) is 28.7 Å². The molecule has 0 bridgehead atoms. The van der Waals surface area contributed by atoms with Gasteiger partial charge in [0.05, 0.1) is 32.8 Å². The molecule has 0 aliphatic carbocycles. The third-order valence-corrected chi connectivity index (χ3v) is 7.99. The van der Waals surface area contributed by atoms with Gasteiger partial charge in [-0.3, -0.25) is 4.79 Å². The Morgan fingerprint density at radius 3 is 2.36 bits per heavy atom. The number of fused-ring (bicyclic) bond motifs is 1. The zero-order valence-corrected chi connectivity index (χ0v) is 25.6.